The Balaban J connectivity index is 1.49. The molecule has 190 valence electrons. The second-order valence-electron chi connectivity index (χ2n) is 9.82. The van der Waals surface area contributed by atoms with Crippen LogP contribution in [0.4, 0.5) is 22.2 Å². The van der Waals surface area contributed by atoms with Crippen molar-refractivity contribution in [1.29, 1.82) is 0 Å². The summed E-state index contributed by atoms with van der Waals surface area (Å²) in [5.41, 5.74) is 0.382. The summed E-state index contributed by atoms with van der Waals surface area (Å²) in [6, 6.07) is 7.84. The summed E-state index contributed by atoms with van der Waals surface area (Å²) in [5, 5.41) is 20.6. The zero-order valence-corrected chi connectivity index (χ0v) is 21.9. The molecule has 2 aromatic rings. The number of rotatable bonds is 9. The number of carbonyl (C=O) groups is 1. The first-order chi connectivity index (χ1) is 16.6. The minimum atomic E-state index is -0.509. The fourth-order valence-corrected chi connectivity index (χ4v) is 4.42. The molecule has 1 fully saturated rings. The number of ether oxygens (including phenoxy) is 1. The van der Waals surface area contributed by atoms with Crippen molar-refractivity contribution in [2.24, 2.45) is 11.8 Å². The number of carbonyl (C=O) groups excluding carboxylic acids is 1. The van der Waals surface area contributed by atoms with Crippen LogP contribution in [-0.2, 0) is 11.3 Å². The highest BCUT2D eigenvalue weighted by molar-refractivity contribution is 9.10. The number of nitrogens with zero attached hydrogens (tertiary/aromatic N) is 3. The highest BCUT2D eigenvalue weighted by Crippen LogP contribution is 2.30. The topological polar surface area (TPSA) is 131 Å². The highest BCUT2D eigenvalue weighted by Gasteiger charge is 2.24. The van der Waals surface area contributed by atoms with E-state index < -0.39 is 10.5 Å². The second-order valence-corrected chi connectivity index (χ2v) is 10.7. The van der Waals surface area contributed by atoms with Gasteiger partial charge in [-0.05, 0) is 76.0 Å². The van der Waals surface area contributed by atoms with Crippen molar-refractivity contribution in [2.45, 2.75) is 58.6 Å². The molecule has 0 radical (unpaired) electrons. The number of alkyl carbamates (subject to hydrolysis) is 1. The van der Waals surface area contributed by atoms with Crippen molar-refractivity contribution >= 4 is 39.5 Å². The van der Waals surface area contributed by atoms with Crippen LogP contribution in [0.3, 0.4) is 0 Å². The standard InChI is InChI=1S/C24H33BrN6O4/c1-24(2,3)35-23(32)29-13-17-9-7-16(8-10-17)12-26-21-20(31(33)34)15-28-22(30-21)27-14-18-5-4-6-19(25)11-18/h4-6,11,15-17H,7-10,12-14H2,1-3H3,(H,29,32)(H2,26,27,28,30). The molecule has 1 saturated carbocycles. The fraction of sp³-hybridized carbons (Fsp3) is 0.542. The summed E-state index contributed by atoms with van der Waals surface area (Å²) in [5.74, 6) is 1.33. The quantitative estimate of drug-likeness (QED) is 0.276. The van der Waals surface area contributed by atoms with Gasteiger partial charge in [0.05, 0.1) is 4.92 Å². The molecule has 11 heteroatoms. The van der Waals surface area contributed by atoms with Crippen LogP contribution in [-0.4, -0.2) is 39.7 Å². The first-order valence-electron chi connectivity index (χ1n) is 11.8. The second kappa shape index (κ2) is 12.1. The van der Waals surface area contributed by atoms with Gasteiger partial charge in [-0.2, -0.15) is 4.98 Å². The summed E-state index contributed by atoms with van der Waals surface area (Å²) in [4.78, 5) is 31.3. The summed E-state index contributed by atoms with van der Waals surface area (Å²) in [6.45, 7) is 7.21. The molecule has 0 bridgehead atoms. The molecule has 0 aliphatic heterocycles. The summed E-state index contributed by atoms with van der Waals surface area (Å²) in [6.07, 6.45) is 4.75. The molecule has 0 unspecified atom stereocenters. The number of hydrogen-bond acceptors (Lipinski definition) is 8. The van der Waals surface area contributed by atoms with Crippen molar-refractivity contribution in [3.8, 4) is 0 Å². The van der Waals surface area contributed by atoms with Crippen LogP contribution in [0, 0.1) is 22.0 Å². The summed E-state index contributed by atoms with van der Waals surface area (Å²) in [7, 11) is 0. The minimum Gasteiger partial charge on any atom is -0.444 e. The maximum absolute atomic E-state index is 11.9. The number of anilines is 2. The number of hydrogen-bond donors (Lipinski definition) is 3. The van der Waals surface area contributed by atoms with E-state index in [1.807, 2.05) is 45.0 Å². The molecule has 0 saturated heterocycles. The van der Waals surface area contributed by atoms with Gasteiger partial charge in [0.1, 0.15) is 11.8 Å². The van der Waals surface area contributed by atoms with Gasteiger partial charge in [0.25, 0.3) is 0 Å². The Labute approximate surface area is 213 Å². The highest BCUT2D eigenvalue weighted by atomic mass is 79.9. The Bertz CT molecular complexity index is 1020. The molecule has 3 rings (SSSR count). The predicted octanol–water partition coefficient (Wildman–Crippen LogP) is 5.50. The molecule has 10 nitrogen and oxygen atoms in total. The smallest absolute Gasteiger partial charge is 0.407 e. The Hall–Kier alpha value is -2.95. The van der Waals surface area contributed by atoms with E-state index in [9.17, 15) is 14.9 Å². The maximum Gasteiger partial charge on any atom is 0.407 e. The van der Waals surface area contributed by atoms with Gasteiger partial charge in [-0.3, -0.25) is 10.1 Å². The van der Waals surface area contributed by atoms with E-state index in [1.54, 1.807) is 0 Å². The average molecular weight is 549 g/mol. The lowest BCUT2D eigenvalue weighted by molar-refractivity contribution is -0.384. The third-order valence-corrected chi connectivity index (χ3v) is 6.26. The van der Waals surface area contributed by atoms with Crippen LogP contribution >= 0.6 is 15.9 Å². The van der Waals surface area contributed by atoms with Crippen molar-refractivity contribution in [3.05, 3.63) is 50.6 Å². The summed E-state index contributed by atoms with van der Waals surface area (Å²) >= 11 is 3.44. The number of benzene rings is 1. The molecule has 1 amide bonds. The van der Waals surface area contributed by atoms with Gasteiger partial charge in [0, 0.05) is 24.1 Å². The maximum atomic E-state index is 11.9. The van der Waals surface area contributed by atoms with Crippen LogP contribution in [0.15, 0.2) is 34.9 Å². The Morgan fingerprint density at radius 1 is 1.17 bits per heavy atom. The molecule has 1 aromatic carbocycles. The van der Waals surface area contributed by atoms with Crippen LogP contribution in [0.1, 0.15) is 52.0 Å². The molecular formula is C24H33BrN6O4. The predicted molar refractivity (Wildman–Crippen MR) is 138 cm³/mol. The van der Waals surface area contributed by atoms with Gasteiger partial charge in [-0.25, -0.2) is 9.78 Å². The van der Waals surface area contributed by atoms with E-state index in [0.29, 0.717) is 37.4 Å². The van der Waals surface area contributed by atoms with Crippen LogP contribution in [0.2, 0.25) is 0 Å². The van der Waals surface area contributed by atoms with E-state index in [4.69, 9.17) is 4.74 Å². The lowest BCUT2D eigenvalue weighted by Gasteiger charge is -2.29. The van der Waals surface area contributed by atoms with Gasteiger partial charge in [0.2, 0.25) is 11.8 Å². The third-order valence-electron chi connectivity index (χ3n) is 5.76. The monoisotopic (exact) mass is 548 g/mol. The Morgan fingerprint density at radius 3 is 2.49 bits per heavy atom. The average Bonchev–Trinajstić information content (AvgIpc) is 2.79. The number of halogens is 1. The van der Waals surface area contributed by atoms with Gasteiger partial charge in [0.15, 0.2) is 0 Å². The van der Waals surface area contributed by atoms with E-state index >= 15 is 0 Å². The lowest BCUT2D eigenvalue weighted by atomic mass is 9.82. The molecular weight excluding hydrogens is 516 g/mol. The fourth-order valence-electron chi connectivity index (χ4n) is 3.97. The number of amides is 1. The summed E-state index contributed by atoms with van der Waals surface area (Å²) < 4.78 is 6.26. The molecule has 0 spiro atoms. The van der Waals surface area contributed by atoms with Gasteiger partial charge >= 0.3 is 11.8 Å². The van der Waals surface area contributed by atoms with Crippen LogP contribution < -0.4 is 16.0 Å². The molecule has 1 aliphatic carbocycles. The van der Waals surface area contributed by atoms with Gasteiger partial charge in [-0.1, -0.05) is 28.1 Å². The normalized spacial score (nSPS) is 17.9. The van der Waals surface area contributed by atoms with Crippen LogP contribution in [0.25, 0.3) is 0 Å². The molecule has 35 heavy (non-hydrogen) atoms. The van der Waals surface area contributed by atoms with Crippen LogP contribution in [0.5, 0.6) is 0 Å². The van der Waals surface area contributed by atoms with E-state index in [1.165, 1.54) is 6.20 Å². The zero-order chi connectivity index (χ0) is 25.4. The first-order valence-corrected chi connectivity index (χ1v) is 12.6. The molecule has 1 aromatic heterocycles. The van der Waals surface area contributed by atoms with E-state index in [-0.39, 0.29) is 17.6 Å². The van der Waals surface area contributed by atoms with Crippen molar-refractivity contribution in [2.75, 3.05) is 23.7 Å². The zero-order valence-electron chi connectivity index (χ0n) is 20.3. The first kappa shape index (κ1) is 26.7. The number of aromatic nitrogens is 2. The van der Waals surface area contributed by atoms with E-state index in [0.717, 1.165) is 35.7 Å². The molecule has 3 N–H and O–H groups in total. The molecule has 1 aliphatic rings. The van der Waals surface area contributed by atoms with Crippen molar-refractivity contribution < 1.29 is 14.5 Å². The molecule has 1 heterocycles. The van der Waals surface area contributed by atoms with Gasteiger partial charge in [-0.15, -0.1) is 0 Å². The van der Waals surface area contributed by atoms with Gasteiger partial charge < -0.3 is 20.7 Å². The minimum absolute atomic E-state index is 0.145. The van der Waals surface area contributed by atoms with E-state index in [2.05, 4.69) is 41.8 Å². The Morgan fingerprint density at radius 2 is 1.86 bits per heavy atom. The molecule has 0 atom stereocenters. The lowest BCUT2D eigenvalue weighted by Crippen LogP contribution is -2.36. The number of nitro groups is 1. The van der Waals surface area contributed by atoms with Crippen molar-refractivity contribution in [1.82, 2.24) is 15.3 Å². The third kappa shape index (κ3) is 8.97. The number of nitrogens with one attached hydrogen (secondary N) is 3. The Kier molecular flexibility index (Phi) is 9.25. The SMILES string of the molecule is CC(C)(C)OC(=O)NCC1CCC(CNc2nc(NCc3cccc(Br)c3)ncc2[N+](=O)[O-])CC1. The van der Waals surface area contributed by atoms with Crippen molar-refractivity contribution in [3.63, 3.8) is 0 Å². The largest absolute Gasteiger partial charge is 0.444 e.